The van der Waals surface area contributed by atoms with Gasteiger partial charge in [0.15, 0.2) is 0 Å². The van der Waals surface area contributed by atoms with Crippen molar-refractivity contribution in [1.82, 2.24) is 10.3 Å². The minimum atomic E-state index is -1.31. The molecule has 15 heteroatoms. The minimum absolute atomic E-state index is 0.0691. The van der Waals surface area contributed by atoms with Crippen LogP contribution < -0.4 is 5.32 Å². The van der Waals surface area contributed by atoms with Crippen LogP contribution in [0.1, 0.15) is 42.1 Å². The van der Waals surface area contributed by atoms with E-state index in [2.05, 4.69) is 20.1 Å². The molecule has 41 heavy (non-hydrogen) atoms. The van der Waals surface area contributed by atoms with E-state index >= 15 is 0 Å². The zero-order valence-corrected chi connectivity index (χ0v) is 22.1. The van der Waals surface area contributed by atoms with Gasteiger partial charge in [0.05, 0.1) is 22.7 Å². The van der Waals surface area contributed by atoms with Crippen molar-refractivity contribution in [1.29, 1.82) is 0 Å². The molecule has 1 amide bonds. The molecule has 1 aromatic heterocycles. The molecular weight excluding hydrogens is 542 g/mol. The average Bonchev–Trinajstić information content (AvgIpc) is 2.93. The number of nitrogens with one attached hydrogen (secondary N) is 1. The highest BCUT2D eigenvalue weighted by atomic mass is 16.9. The van der Waals surface area contributed by atoms with E-state index in [0.717, 1.165) is 0 Å². The molecule has 216 valence electrons. The number of carboxylic acids is 1. The summed E-state index contributed by atoms with van der Waals surface area (Å²) < 4.78 is 5.46. The number of allylic oxidation sites excluding steroid dienone is 1. The van der Waals surface area contributed by atoms with Crippen molar-refractivity contribution >= 4 is 29.2 Å². The molecule has 15 nitrogen and oxygen atoms in total. The first-order valence-electron chi connectivity index (χ1n) is 12.3. The molecule has 2 unspecified atom stereocenters. The van der Waals surface area contributed by atoms with Gasteiger partial charge in [0, 0.05) is 54.3 Å². The number of carbonyl (C=O) groups is 3. The second-order valence-electron chi connectivity index (χ2n) is 9.17. The monoisotopic (exact) mass is 569 g/mol. The number of rotatable bonds is 13. The number of carbonyl (C=O) groups excluding carboxylic acids is 2. The van der Waals surface area contributed by atoms with Crippen LogP contribution in [-0.2, 0) is 19.2 Å². The van der Waals surface area contributed by atoms with Gasteiger partial charge in [-0.1, -0.05) is 12.1 Å². The number of hydrogen-bond acceptors (Lipinski definition) is 11. The number of pyridine rings is 1. The lowest BCUT2D eigenvalue weighted by Crippen LogP contribution is -2.36. The number of aliphatic imine (C=N–C) groups is 1. The van der Waals surface area contributed by atoms with Crippen LogP contribution in [0.25, 0.3) is 0 Å². The number of esters is 1. The molecular formula is C26H27N5O10. The van der Waals surface area contributed by atoms with Crippen molar-refractivity contribution in [3.63, 3.8) is 0 Å². The maximum atomic E-state index is 13.4. The first kappa shape index (κ1) is 30.3. The molecule has 0 aliphatic carbocycles. The second kappa shape index (κ2) is 13.7. The normalized spacial score (nSPS) is 17.2. The largest absolute Gasteiger partial charge is 0.481 e. The average molecular weight is 570 g/mol. The van der Waals surface area contributed by atoms with Crippen LogP contribution in [0, 0.1) is 32.1 Å². The van der Waals surface area contributed by atoms with Gasteiger partial charge in [0.2, 0.25) is 0 Å². The summed E-state index contributed by atoms with van der Waals surface area (Å²) >= 11 is 0. The van der Waals surface area contributed by atoms with Crippen LogP contribution in [-0.4, -0.2) is 63.4 Å². The third-order valence-corrected chi connectivity index (χ3v) is 6.38. The summed E-state index contributed by atoms with van der Waals surface area (Å²) in [5.41, 5.74) is 0.490. The standard InChI is InChI=1S/C26H27N5O10/c1-15-21(25(33)34)23(18-5-3-7-20(11-18)30(36)37)22(16(2)29-15)26(35)40-13-17(14-41-31(38)39)8-10-28-24(32)19-6-4-9-27-12-19/h3-7,9,11-12,17,21,23H,8,10,13-14H2,1-2H3,(H,28,32)(H,33,34)/t17?,21?,23-/m1/s1. The van der Waals surface area contributed by atoms with Gasteiger partial charge in [-0.15, -0.1) is 10.1 Å². The smallest absolute Gasteiger partial charge is 0.336 e. The molecule has 0 spiro atoms. The molecule has 2 aromatic rings. The highest BCUT2D eigenvalue weighted by Crippen LogP contribution is 2.40. The maximum Gasteiger partial charge on any atom is 0.336 e. The second-order valence-corrected chi connectivity index (χ2v) is 9.17. The first-order valence-corrected chi connectivity index (χ1v) is 12.3. The van der Waals surface area contributed by atoms with E-state index in [9.17, 15) is 39.7 Å². The van der Waals surface area contributed by atoms with Crippen molar-refractivity contribution in [2.24, 2.45) is 16.8 Å². The molecule has 2 heterocycles. The lowest BCUT2D eigenvalue weighted by molar-refractivity contribution is -0.759. The number of hydrogen-bond donors (Lipinski definition) is 2. The van der Waals surface area contributed by atoms with Crippen molar-refractivity contribution in [3.05, 3.63) is 91.4 Å². The lowest BCUT2D eigenvalue weighted by atomic mass is 9.75. The number of non-ortho nitro benzene ring substituents is 1. The Kier molecular flexibility index (Phi) is 10.2. The lowest BCUT2D eigenvalue weighted by Gasteiger charge is -2.30. The molecule has 3 rings (SSSR count). The van der Waals surface area contributed by atoms with Gasteiger partial charge in [0.25, 0.3) is 16.7 Å². The Morgan fingerprint density at radius 3 is 2.51 bits per heavy atom. The maximum absolute atomic E-state index is 13.4. The Balaban J connectivity index is 1.80. The number of nitro benzene ring substituents is 1. The van der Waals surface area contributed by atoms with Gasteiger partial charge < -0.3 is 20.0 Å². The fourth-order valence-electron chi connectivity index (χ4n) is 4.46. The molecule has 0 saturated carbocycles. The predicted octanol–water partition coefficient (Wildman–Crippen LogP) is 2.71. The summed E-state index contributed by atoms with van der Waals surface area (Å²) in [5, 5.41) is 33.8. The van der Waals surface area contributed by atoms with E-state index in [1.807, 2.05) is 0 Å². The van der Waals surface area contributed by atoms with Crippen molar-refractivity contribution in [2.75, 3.05) is 19.8 Å². The first-order chi connectivity index (χ1) is 19.5. The molecule has 1 aliphatic heterocycles. The molecule has 1 aliphatic rings. The van der Waals surface area contributed by atoms with Crippen molar-refractivity contribution < 1.29 is 39.1 Å². The van der Waals surface area contributed by atoms with Crippen molar-refractivity contribution in [3.8, 4) is 0 Å². The molecule has 0 fully saturated rings. The number of nitro groups is 1. The summed E-state index contributed by atoms with van der Waals surface area (Å²) in [4.78, 5) is 71.9. The molecule has 2 N–H and O–H groups in total. The van der Waals surface area contributed by atoms with Crippen LogP contribution in [0.3, 0.4) is 0 Å². The summed E-state index contributed by atoms with van der Waals surface area (Å²) in [7, 11) is 0. The summed E-state index contributed by atoms with van der Waals surface area (Å²) in [6.07, 6.45) is 3.01. The Bertz CT molecular complexity index is 1390. The summed E-state index contributed by atoms with van der Waals surface area (Å²) in [6.45, 7) is 2.24. The fraction of sp³-hybridized carbons (Fsp3) is 0.346. The quantitative estimate of drug-likeness (QED) is 0.203. The molecule has 0 saturated heterocycles. The SMILES string of the molecule is CC1=NC(C)=C(C(=O)OCC(CCNC(=O)c2cccnc2)CO[N+](=O)[O-])[C@H](c2cccc([N+](=O)[O-])c2)C1C(=O)O. The van der Waals surface area contributed by atoms with Crippen LogP contribution in [0.15, 0.2) is 65.1 Å². The molecule has 1 aromatic carbocycles. The number of amides is 1. The summed E-state index contributed by atoms with van der Waals surface area (Å²) in [6, 6.07) is 8.44. The Hall–Kier alpha value is -5.21. The Labute approximate surface area is 233 Å². The van der Waals surface area contributed by atoms with E-state index in [0.29, 0.717) is 5.56 Å². The number of carboxylic acid groups (broad SMARTS) is 1. The summed E-state index contributed by atoms with van der Waals surface area (Å²) in [5.74, 6) is -5.82. The van der Waals surface area contributed by atoms with Gasteiger partial charge in [-0.05, 0) is 38.0 Å². The van der Waals surface area contributed by atoms with Crippen LogP contribution in [0.2, 0.25) is 0 Å². The van der Waals surface area contributed by atoms with E-state index in [4.69, 9.17) is 4.74 Å². The van der Waals surface area contributed by atoms with Gasteiger partial charge in [-0.2, -0.15) is 0 Å². The Morgan fingerprint density at radius 1 is 1.12 bits per heavy atom. The van der Waals surface area contributed by atoms with Gasteiger partial charge in [-0.25, -0.2) is 4.79 Å². The zero-order chi connectivity index (χ0) is 30.1. The highest BCUT2D eigenvalue weighted by Gasteiger charge is 2.42. The van der Waals surface area contributed by atoms with Crippen molar-refractivity contribution in [2.45, 2.75) is 26.2 Å². The predicted molar refractivity (Wildman–Crippen MR) is 141 cm³/mol. The van der Waals surface area contributed by atoms with Crippen LogP contribution in [0.4, 0.5) is 5.69 Å². The van der Waals surface area contributed by atoms with E-state index in [-0.39, 0.29) is 47.8 Å². The third-order valence-electron chi connectivity index (χ3n) is 6.38. The zero-order valence-electron chi connectivity index (χ0n) is 22.1. The molecule has 0 radical (unpaired) electrons. The Morgan fingerprint density at radius 2 is 1.88 bits per heavy atom. The number of ether oxygens (including phenoxy) is 1. The number of aromatic nitrogens is 1. The van der Waals surface area contributed by atoms with E-state index in [1.54, 1.807) is 12.1 Å². The molecule has 0 bridgehead atoms. The number of benzene rings is 1. The fourth-order valence-corrected chi connectivity index (χ4v) is 4.46. The third kappa shape index (κ3) is 7.90. The van der Waals surface area contributed by atoms with E-state index < -0.39 is 52.2 Å². The topological polar surface area (TPSA) is 213 Å². The number of aliphatic carboxylic acids is 1. The van der Waals surface area contributed by atoms with Crippen LogP contribution in [0.5, 0.6) is 0 Å². The van der Waals surface area contributed by atoms with E-state index in [1.165, 1.54) is 50.5 Å². The minimum Gasteiger partial charge on any atom is -0.481 e. The van der Waals surface area contributed by atoms with Gasteiger partial charge in [0.1, 0.15) is 12.5 Å². The van der Waals surface area contributed by atoms with Gasteiger partial charge in [-0.3, -0.25) is 29.7 Å². The van der Waals surface area contributed by atoms with Crippen LogP contribution >= 0.6 is 0 Å². The number of nitrogens with zero attached hydrogens (tertiary/aromatic N) is 4. The highest BCUT2D eigenvalue weighted by molar-refractivity contribution is 6.06. The van der Waals surface area contributed by atoms with Gasteiger partial charge >= 0.3 is 11.9 Å². The molecule has 3 atom stereocenters.